The van der Waals surface area contributed by atoms with E-state index < -0.39 is 20.9 Å². The van der Waals surface area contributed by atoms with E-state index in [2.05, 4.69) is 0 Å². The van der Waals surface area contributed by atoms with Crippen LogP contribution in [0.25, 0.3) is 0 Å². The second kappa shape index (κ2) is 6.33. The Kier molecular flexibility index (Phi) is 4.51. The maximum Gasteiger partial charge on any atom is 0.259 e. The number of hydrogen-bond acceptors (Lipinski definition) is 4. The molecule has 0 heterocycles. The second-order valence-electron chi connectivity index (χ2n) is 4.46. The van der Waals surface area contributed by atoms with Crippen molar-refractivity contribution >= 4 is 15.0 Å². The molecule has 0 saturated carbocycles. The van der Waals surface area contributed by atoms with Crippen LogP contribution in [0.2, 0.25) is 0 Å². The molecule has 2 rings (SSSR count). The standard InChI is InChI=1S/C16H13NO3S/c17-12-11-15(13-7-3-1-4-8-13)16(18)21(19,20)14-9-5-2-6-10-14/h1-10,15H,11H2. The van der Waals surface area contributed by atoms with Crippen molar-refractivity contribution < 1.29 is 13.2 Å². The zero-order valence-corrected chi connectivity index (χ0v) is 12.0. The van der Waals surface area contributed by atoms with Crippen LogP contribution in [0.4, 0.5) is 0 Å². The van der Waals surface area contributed by atoms with E-state index in [4.69, 9.17) is 5.26 Å². The summed E-state index contributed by atoms with van der Waals surface area (Å²) < 4.78 is 24.7. The molecule has 1 unspecified atom stereocenters. The first kappa shape index (κ1) is 14.9. The predicted molar refractivity (Wildman–Crippen MR) is 78.0 cm³/mol. The van der Waals surface area contributed by atoms with E-state index in [1.807, 2.05) is 6.07 Å². The number of rotatable bonds is 4. The lowest BCUT2D eigenvalue weighted by atomic mass is 9.98. The van der Waals surface area contributed by atoms with E-state index in [-0.39, 0.29) is 11.3 Å². The molecule has 0 bridgehead atoms. The SMILES string of the molecule is N#CCC(C(=O)S(=O)(=O)c1ccccc1)c1ccccc1. The monoisotopic (exact) mass is 299 g/mol. The second-order valence-corrected chi connectivity index (χ2v) is 6.34. The Balaban J connectivity index is 2.43. The quantitative estimate of drug-likeness (QED) is 0.870. The Morgan fingerprint density at radius 2 is 1.52 bits per heavy atom. The van der Waals surface area contributed by atoms with Crippen LogP contribution in [0.1, 0.15) is 17.9 Å². The van der Waals surface area contributed by atoms with Gasteiger partial charge in [0.1, 0.15) is 0 Å². The van der Waals surface area contributed by atoms with Crippen molar-refractivity contribution in [2.75, 3.05) is 0 Å². The molecule has 0 amide bonds. The Labute approximate surface area is 123 Å². The van der Waals surface area contributed by atoms with Crippen molar-refractivity contribution in [1.29, 1.82) is 5.26 Å². The number of sulfone groups is 1. The average Bonchev–Trinajstić information content (AvgIpc) is 2.53. The van der Waals surface area contributed by atoms with Gasteiger partial charge in [0.25, 0.3) is 5.12 Å². The van der Waals surface area contributed by atoms with Gasteiger partial charge in [0.15, 0.2) is 0 Å². The third-order valence-electron chi connectivity index (χ3n) is 3.10. The van der Waals surface area contributed by atoms with Gasteiger partial charge in [-0.3, -0.25) is 4.79 Å². The molecule has 0 radical (unpaired) electrons. The van der Waals surface area contributed by atoms with E-state index in [0.717, 1.165) is 0 Å². The van der Waals surface area contributed by atoms with Crippen molar-refractivity contribution in [3.8, 4) is 6.07 Å². The predicted octanol–water partition coefficient (Wildman–Crippen LogP) is 2.68. The van der Waals surface area contributed by atoms with Crippen molar-refractivity contribution in [3.63, 3.8) is 0 Å². The van der Waals surface area contributed by atoms with Gasteiger partial charge in [0.05, 0.1) is 16.9 Å². The van der Waals surface area contributed by atoms with Crippen LogP contribution >= 0.6 is 0 Å². The molecule has 0 aromatic heterocycles. The minimum absolute atomic E-state index is 0.0473. The molecule has 4 nitrogen and oxygen atoms in total. The van der Waals surface area contributed by atoms with Crippen LogP contribution in [0.5, 0.6) is 0 Å². The van der Waals surface area contributed by atoms with Crippen LogP contribution in [-0.2, 0) is 14.6 Å². The largest absolute Gasteiger partial charge is 0.281 e. The van der Waals surface area contributed by atoms with Gasteiger partial charge < -0.3 is 0 Å². The van der Waals surface area contributed by atoms with E-state index >= 15 is 0 Å². The van der Waals surface area contributed by atoms with Crippen LogP contribution in [0.15, 0.2) is 65.6 Å². The van der Waals surface area contributed by atoms with Gasteiger partial charge in [0, 0.05) is 6.42 Å². The zero-order valence-electron chi connectivity index (χ0n) is 11.1. The maximum absolute atomic E-state index is 12.4. The summed E-state index contributed by atoms with van der Waals surface area (Å²) in [7, 11) is -4.10. The van der Waals surface area contributed by atoms with E-state index in [0.29, 0.717) is 5.56 Å². The van der Waals surface area contributed by atoms with Gasteiger partial charge in [-0.15, -0.1) is 0 Å². The molecule has 2 aromatic carbocycles. The van der Waals surface area contributed by atoms with Gasteiger partial charge in [-0.05, 0) is 17.7 Å². The summed E-state index contributed by atoms with van der Waals surface area (Å²) >= 11 is 0. The Morgan fingerprint density at radius 3 is 2.05 bits per heavy atom. The highest BCUT2D eigenvalue weighted by atomic mass is 32.2. The van der Waals surface area contributed by atoms with E-state index in [9.17, 15) is 13.2 Å². The van der Waals surface area contributed by atoms with Crippen molar-refractivity contribution in [1.82, 2.24) is 0 Å². The molecule has 0 saturated heterocycles. The molecule has 0 N–H and O–H groups in total. The van der Waals surface area contributed by atoms with Crippen LogP contribution in [0.3, 0.4) is 0 Å². The van der Waals surface area contributed by atoms with Crippen LogP contribution in [-0.4, -0.2) is 13.5 Å². The number of carbonyl (C=O) groups excluding carboxylic acids is 1. The number of nitrogens with zero attached hydrogens (tertiary/aromatic N) is 1. The van der Waals surface area contributed by atoms with Crippen LogP contribution in [0, 0.1) is 11.3 Å². The first-order valence-corrected chi connectivity index (χ1v) is 7.81. The molecule has 0 aliphatic rings. The van der Waals surface area contributed by atoms with E-state index in [1.54, 1.807) is 48.5 Å². The molecule has 0 fully saturated rings. The molecule has 0 aliphatic heterocycles. The molecule has 106 valence electrons. The highest BCUT2D eigenvalue weighted by molar-refractivity contribution is 8.06. The summed E-state index contributed by atoms with van der Waals surface area (Å²) in [5, 5.41) is 7.94. The molecule has 5 heteroatoms. The molecular formula is C16H13NO3S. The highest BCUT2D eigenvalue weighted by Crippen LogP contribution is 2.26. The van der Waals surface area contributed by atoms with Crippen LogP contribution < -0.4 is 0 Å². The molecule has 1 atom stereocenters. The summed E-state index contributed by atoms with van der Waals surface area (Å²) in [6.45, 7) is 0. The third-order valence-corrected chi connectivity index (χ3v) is 4.81. The van der Waals surface area contributed by atoms with Gasteiger partial charge in [0.2, 0.25) is 9.84 Å². The molecule has 0 spiro atoms. The minimum Gasteiger partial charge on any atom is -0.281 e. The fourth-order valence-electron chi connectivity index (χ4n) is 2.02. The van der Waals surface area contributed by atoms with Gasteiger partial charge in [-0.25, -0.2) is 8.42 Å². The summed E-state index contributed by atoms with van der Waals surface area (Å²) in [6, 6.07) is 17.9. The minimum atomic E-state index is -4.10. The Hall–Kier alpha value is -2.45. The molecular weight excluding hydrogens is 286 g/mol. The lowest BCUT2D eigenvalue weighted by molar-refractivity contribution is -0.113. The number of benzene rings is 2. The number of nitriles is 1. The molecule has 2 aromatic rings. The molecule has 0 aliphatic carbocycles. The first-order valence-electron chi connectivity index (χ1n) is 6.33. The summed E-state index contributed by atoms with van der Waals surface area (Å²) in [5.41, 5.74) is 0.531. The van der Waals surface area contributed by atoms with Gasteiger partial charge in [-0.1, -0.05) is 48.5 Å². The average molecular weight is 299 g/mol. The Morgan fingerprint density at radius 1 is 1.00 bits per heavy atom. The van der Waals surface area contributed by atoms with Crippen molar-refractivity contribution in [3.05, 3.63) is 66.2 Å². The zero-order chi connectivity index (χ0) is 15.3. The number of hydrogen-bond donors (Lipinski definition) is 0. The van der Waals surface area contributed by atoms with Crippen molar-refractivity contribution in [2.45, 2.75) is 17.2 Å². The topological polar surface area (TPSA) is 75.0 Å². The van der Waals surface area contributed by atoms with Gasteiger partial charge >= 0.3 is 0 Å². The maximum atomic E-state index is 12.4. The smallest absolute Gasteiger partial charge is 0.259 e. The summed E-state index contributed by atoms with van der Waals surface area (Å²) in [6.07, 6.45) is -0.172. The first-order chi connectivity index (χ1) is 10.1. The Bertz CT molecular complexity index is 762. The third kappa shape index (κ3) is 3.18. The van der Waals surface area contributed by atoms with Gasteiger partial charge in [-0.2, -0.15) is 5.26 Å². The fraction of sp³-hybridized carbons (Fsp3) is 0.125. The van der Waals surface area contributed by atoms with E-state index in [1.165, 1.54) is 12.1 Å². The lowest BCUT2D eigenvalue weighted by Gasteiger charge is -2.13. The lowest BCUT2D eigenvalue weighted by Crippen LogP contribution is -2.22. The molecule has 21 heavy (non-hydrogen) atoms. The number of carbonyl (C=O) groups is 1. The summed E-state index contributed by atoms with van der Waals surface area (Å²) in [4.78, 5) is 12.4. The summed E-state index contributed by atoms with van der Waals surface area (Å²) in [5.74, 6) is -0.971. The highest BCUT2D eigenvalue weighted by Gasteiger charge is 2.33. The fourth-order valence-corrected chi connectivity index (χ4v) is 3.36. The normalized spacial score (nSPS) is 12.3. The van der Waals surface area contributed by atoms with Crippen molar-refractivity contribution in [2.24, 2.45) is 0 Å².